The molecule has 0 spiro atoms. The van der Waals surface area contributed by atoms with Crippen LogP contribution in [-0.4, -0.2) is 27.0 Å². The van der Waals surface area contributed by atoms with Gasteiger partial charge in [-0.2, -0.15) is 17.9 Å². The van der Waals surface area contributed by atoms with Crippen molar-refractivity contribution in [1.82, 2.24) is 0 Å². The number of benzene rings is 1. The second kappa shape index (κ2) is 6.35. The van der Waals surface area contributed by atoms with E-state index in [1.807, 2.05) is 0 Å². The Morgan fingerprint density at radius 2 is 2.17 bits per heavy atom. The molecule has 0 fully saturated rings. The molecule has 0 aliphatic heterocycles. The molecule has 0 bridgehead atoms. The second-order valence-electron chi connectivity index (χ2n) is 3.67. The Balaban J connectivity index is 3.09. The van der Waals surface area contributed by atoms with Crippen LogP contribution in [0.2, 0.25) is 0 Å². The fourth-order valence-corrected chi connectivity index (χ4v) is 1.76. The van der Waals surface area contributed by atoms with Crippen LogP contribution < -0.4 is 0 Å². The first-order valence-electron chi connectivity index (χ1n) is 5.16. The van der Waals surface area contributed by atoms with Gasteiger partial charge in [0.1, 0.15) is 17.7 Å². The van der Waals surface area contributed by atoms with Crippen LogP contribution in [0.5, 0.6) is 0 Å². The number of hydrogen-bond donors (Lipinski definition) is 3. The van der Waals surface area contributed by atoms with E-state index in [0.29, 0.717) is 5.75 Å². The van der Waals surface area contributed by atoms with Crippen molar-refractivity contribution in [3.05, 3.63) is 39.4 Å². The van der Waals surface area contributed by atoms with Crippen LogP contribution in [-0.2, 0) is 0 Å². The first kappa shape index (κ1) is 14.4. The van der Waals surface area contributed by atoms with Crippen molar-refractivity contribution in [2.24, 2.45) is 0 Å². The van der Waals surface area contributed by atoms with Gasteiger partial charge >= 0.3 is 0 Å². The average molecular weight is 268 g/mol. The van der Waals surface area contributed by atoms with E-state index in [2.05, 4.69) is 12.6 Å². The third kappa shape index (κ3) is 3.20. The number of hydrogen-bond acceptors (Lipinski definition) is 6. The van der Waals surface area contributed by atoms with Crippen molar-refractivity contribution in [2.75, 3.05) is 5.75 Å². The minimum Gasteiger partial charge on any atom is -0.390 e. The Hall–Kier alpha value is -1.62. The lowest BCUT2D eigenvalue weighted by atomic mass is 10.0. The summed E-state index contributed by atoms with van der Waals surface area (Å²) in [6.07, 6.45) is -2.02. The summed E-state index contributed by atoms with van der Waals surface area (Å²) < 4.78 is 0. The van der Waals surface area contributed by atoms with Gasteiger partial charge in [0.2, 0.25) is 0 Å². The van der Waals surface area contributed by atoms with E-state index in [1.165, 1.54) is 12.1 Å². The van der Waals surface area contributed by atoms with Gasteiger partial charge in [-0.1, -0.05) is 6.07 Å². The lowest BCUT2D eigenvalue weighted by Gasteiger charge is -2.17. The fourth-order valence-electron chi connectivity index (χ4n) is 1.49. The summed E-state index contributed by atoms with van der Waals surface area (Å²) in [6, 6.07) is 5.44. The molecule has 0 aliphatic carbocycles. The Labute approximate surface area is 109 Å². The molecule has 2 N–H and O–H groups in total. The summed E-state index contributed by atoms with van der Waals surface area (Å²) in [6.45, 7) is 0. The molecule has 2 atom stereocenters. The van der Waals surface area contributed by atoms with Crippen molar-refractivity contribution in [2.45, 2.75) is 18.6 Å². The monoisotopic (exact) mass is 268 g/mol. The normalized spacial score (nSPS) is 13.7. The van der Waals surface area contributed by atoms with Crippen molar-refractivity contribution in [3.8, 4) is 6.07 Å². The summed E-state index contributed by atoms with van der Waals surface area (Å²) in [4.78, 5) is 10.1. The van der Waals surface area contributed by atoms with Crippen LogP contribution in [0, 0.1) is 21.4 Å². The van der Waals surface area contributed by atoms with Gasteiger partial charge in [-0.25, -0.2) is 0 Å². The summed E-state index contributed by atoms with van der Waals surface area (Å²) in [5.41, 5.74) is -0.262. The van der Waals surface area contributed by atoms with Crippen LogP contribution >= 0.6 is 12.6 Å². The molecule has 0 aromatic heterocycles. The van der Waals surface area contributed by atoms with E-state index >= 15 is 0 Å². The summed E-state index contributed by atoms with van der Waals surface area (Å²) in [5, 5.41) is 38.9. The SMILES string of the molecule is N#Cc1ccc(C(O)C(O)CCS)cc1[N+](=O)[O-]. The van der Waals surface area contributed by atoms with Crippen LogP contribution in [0.3, 0.4) is 0 Å². The zero-order chi connectivity index (χ0) is 13.7. The molecular weight excluding hydrogens is 256 g/mol. The van der Waals surface area contributed by atoms with Crippen molar-refractivity contribution < 1.29 is 15.1 Å². The summed E-state index contributed by atoms with van der Waals surface area (Å²) >= 11 is 3.93. The van der Waals surface area contributed by atoms with Gasteiger partial charge in [-0.3, -0.25) is 10.1 Å². The van der Waals surface area contributed by atoms with Gasteiger partial charge in [0, 0.05) is 6.07 Å². The lowest BCUT2D eigenvalue weighted by molar-refractivity contribution is -0.385. The number of nitriles is 1. The highest BCUT2D eigenvalue weighted by Crippen LogP contribution is 2.26. The third-order valence-electron chi connectivity index (χ3n) is 2.47. The van der Waals surface area contributed by atoms with E-state index in [-0.39, 0.29) is 23.2 Å². The molecule has 6 nitrogen and oxygen atoms in total. The number of nitro benzene ring substituents is 1. The Bertz CT molecular complexity index is 486. The van der Waals surface area contributed by atoms with Gasteiger partial charge in [0.05, 0.1) is 11.0 Å². The first-order valence-corrected chi connectivity index (χ1v) is 5.80. The number of thiol groups is 1. The van der Waals surface area contributed by atoms with Crippen molar-refractivity contribution in [1.29, 1.82) is 5.26 Å². The number of rotatable bonds is 5. The number of aliphatic hydroxyl groups excluding tert-OH is 2. The Morgan fingerprint density at radius 3 is 2.67 bits per heavy atom. The van der Waals surface area contributed by atoms with Gasteiger partial charge in [0.15, 0.2) is 0 Å². The molecule has 0 aliphatic rings. The largest absolute Gasteiger partial charge is 0.390 e. The second-order valence-corrected chi connectivity index (χ2v) is 4.12. The highest BCUT2D eigenvalue weighted by atomic mass is 32.1. The molecule has 7 heteroatoms. The van der Waals surface area contributed by atoms with E-state index in [0.717, 1.165) is 6.07 Å². The average Bonchev–Trinajstić information content (AvgIpc) is 2.37. The quantitative estimate of drug-likeness (QED) is 0.422. The van der Waals surface area contributed by atoms with Gasteiger partial charge in [-0.15, -0.1) is 0 Å². The smallest absolute Gasteiger partial charge is 0.287 e. The summed E-state index contributed by atoms with van der Waals surface area (Å²) in [5.74, 6) is 0.386. The van der Waals surface area contributed by atoms with Crippen molar-refractivity contribution >= 4 is 18.3 Å². The molecule has 1 aromatic rings. The van der Waals surface area contributed by atoms with Gasteiger partial charge in [0.25, 0.3) is 5.69 Å². The molecule has 0 saturated heterocycles. The predicted octanol–water partition coefficient (Wildman–Crippen LogP) is 1.18. The summed E-state index contributed by atoms with van der Waals surface area (Å²) in [7, 11) is 0. The minimum absolute atomic E-state index is 0.0837. The van der Waals surface area contributed by atoms with Gasteiger partial charge < -0.3 is 10.2 Å². The fraction of sp³-hybridized carbons (Fsp3) is 0.364. The lowest BCUT2D eigenvalue weighted by Crippen LogP contribution is -2.18. The van der Waals surface area contributed by atoms with Crippen LogP contribution in [0.15, 0.2) is 18.2 Å². The van der Waals surface area contributed by atoms with Gasteiger partial charge in [-0.05, 0) is 23.8 Å². The number of nitro groups is 1. The van der Waals surface area contributed by atoms with E-state index in [1.54, 1.807) is 6.07 Å². The van der Waals surface area contributed by atoms with Crippen molar-refractivity contribution in [3.63, 3.8) is 0 Å². The predicted molar refractivity (Wildman–Crippen MR) is 67.2 cm³/mol. The first-order chi connectivity index (χ1) is 8.51. The topological polar surface area (TPSA) is 107 Å². The Morgan fingerprint density at radius 1 is 1.50 bits per heavy atom. The molecule has 18 heavy (non-hydrogen) atoms. The van der Waals surface area contributed by atoms with Crippen LogP contribution in [0.4, 0.5) is 5.69 Å². The molecular formula is C11H12N2O4S. The maximum atomic E-state index is 10.7. The molecule has 96 valence electrons. The number of aliphatic hydroxyl groups is 2. The zero-order valence-electron chi connectivity index (χ0n) is 9.35. The standard InChI is InChI=1S/C11H12N2O4S/c12-6-8-2-1-7(5-9(8)13(16)17)11(15)10(14)3-4-18/h1-2,5,10-11,14-15,18H,3-4H2. The number of nitrogens with zero attached hydrogens (tertiary/aromatic N) is 2. The third-order valence-corrected chi connectivity index (χ3v) is 2.73. The maximum absolute atomic E-state index is 10.7. The molecule has 0 heterocycles. The molecule has 2 unspecified atom stereocenters. The molecule has 0 amide bonds. The minimum atomic E-state index is -1.23. The maximum Gasteiger partial charge on any atom is 0.287 e. The van der Waals surface area contributed by atoms with Crippen LogP contribution in [0.25, 0.3) is 0 Å². The Kier molecular flexibility index (Phi) is 5.09. The molecule has 0 saturated carbocycles. The zero-order valence-corrected chi connectivity index (χ0v) is 10.2. The molecule has 1 rings (SSSR count). The molecule has 0 radical (unpaired) electrons. The highest BCUT2D eigenvalue weighted by molar-refractivity contribution is 7.80. The van der Waals surface area contributed by atoms with E-state index in [4.69, 9.17) is 5.26 Å². The van der Waals surface area contributed by atoms with Crippen LogP contribution in [0.1, 0.15) is 23.7 Å². The van der Waals surface area contributed by atoms with E-state index < -0.39 is 17.1 Å². The van der Waals surface area contributed by atoms with E-state index in [9.17, 15) is 20.3 Å². The molecule has 1 aromatic carbocycles. The highest BCUT2D eigenvalue weighted by Gasteiger charge is 2.22.